The second-order valence-corrected chi connectivity index (χ2v) is 5.23. The van der Waals surface area contributed by atoms with Crippen molar-refractivity contribution in [3.05, 3.63) is 29.1 Å². The molecule has 1 atom stereocenters. The van der Waals surface area contributed by atoms with E-state index >= 15 is 0 Å². The van der Waals surface area contributed by atoms with Crippen molar-refractivity contribution in [2.75, 3.05) is 12.3 Å². The van der Waals surface area contributed by atoms with Gasteiger partial charge in [-0.1, -0.05) is 24.6 Å². The van der Waals surface area contributed by atoms with Gasteiger partial charge in [0.2, 0.25) is 5.82 Å². The van der Waals surface area contributed by atoms with E-state index in [0.29, 0.717) is 24.0 Å². The predicted octanol–water partition coefficient (Wildman–Crippen LogP) is 3.81. The molecule has 0 bridgehead atoms. The Morgan fingerprint density at radius 2 is 2.05 bits per heavy atom. The number of ether oxygens (including phenoxy) is 1. The highest BCUT2D eigenvalue weighted by Crippen LogP contribution is 2.30. The van der Waals surface area contributed by atoms with Crippen LogP contribution in [0, 0.1) is 13.8 Å². The predicted molar refractivity (Wildman–Crippen MR) is 82.9 cm³/mol. The Hall–Kier alpha value is -1.88. The SMILES string of the molecule is CCCC(OCC)c1noc(-c2cc(C)cc(C)c2N)n1. The van der Waals surface area contributed by atoms with E-state index in [2.05, 4.69) is 17.1 Å². The average Bonchev–Trinajstić information content (AvgIpc) is 2.92. The van der Waals surface area contributed by atoms with Crippen molar-refractivity contribution in [2.45, 2.75) is 46.6 Å². The normalized spacial score (nSPS) is 12.6. The van der Waals surface area contributed by atoms with Gasteiger partial charge in [0.05, 0.1) is 5.56 Å². The zero-order valence-electron chi connectivity index (χ0n) is 13.1. The number of hydrogen-bond acceptors (Lipinski definition) is 5. The summed E-state index contributed by atoms with van der Waals surface area (Å²) >= 11 is 0. The first-order chi connectivity index (χ1) is 10.1. The van der Waals surface area contributed by atoms with Gasteiger partial charge in [-0.15, -0.1) is 0 Å². The van der Waals surface area contributed by atoms with Crippen molar-refractivity contribution in [3.8, 4) is 11.5 Å². The Morgan fingerprint density at radius 3 is 2.71 bits per heavy atom. The molecule has 0 saturated carbocycles. The lowest BCUT2D eigenvalue weighted by Crippen LogP contribution is -2.06. The van der Waals surface area contributed by atoms with Crippen LogP contribution in [0.3, 0.4) is 0 Å². The molecule has 114 valence electrons. The van der Waals surface area contributed by atoms with E-state index in [1.54, 1.807) is 0 Å². The maximum Gasteiger partial charge on any atom is 0.260 e. The molecule has 1 aromatic carbocycles. The molecular weight excluding hydrogens is 266 g/mol. The monoisotopic (exact) mass is 289 g/mol. The van der Waals surface area contributed by atoms with Crippen molar-refractivity contribution in [3.63, 3.8) is 0 Å². The lowest BCUT2D eigenvalue weighted by molar-refractivity contribution is 0.0478. The molecule has 0 spiro atoms. The Kier molecular flexibility index (Phi) is 4.96. The van der Waals surface area contributed by atoms with Crippen molar-refractivity contribution in [1.29, 1.82) is 0 Å². The summed E-state index contributed by atoms with van der Waals surface area (Å²) in [5.41, 5.74) is 9.73. The minimum absolute atomic E-state index is 0.121. The fraction of sp³-hybridized carbons (Fsp3) is 0.500. The van der Waals surface area contributed by atoms with E-state index < -0.39 is 0 Å². The summed E-state index contributed by atoms with van der Waals surface area (Å²) in [6.45, 7) is 8.69. The Morgan fingerprint density at radius 1 is 1.29 bits per heavy atom. The standard InChI is InChI=1S/C16H23N3O2/c1-5-7-13(20-6-2)15-18-16(21-19-15)12-9-10(3)8-11(4)14(12)17/h8-9,13H,5-7,17H2,1-4H3. The van der Waals surface area contributed by atoms with Gasteiger partial charge in [0.1, 0.15) is 6.10 Å². The minimum atomic E-state index is -0.121. The lowest BCUT2D eigenvalue weighted by Gasteiger charge is -2.11. The summed E-state index contributed by atoms with van der Waals surface area (Å²) in [6.07, 6.45) is 1.75. The van der Waals surface area contributed by atoms with Gasteiger partial charge in [-0.25, -0.2) is 0 Å². The molecule has 1 unspecified atom stereocenters. The molecule has 0 aliphatic carbocycles. The Balaban J connectivity index is 2.35. The summed E-state index contributed by atoms with van der Waals surface area (Å²) in [5.74, 6) is 1.04. The summed E-state index contributed by atoms with van der Waals surface area (Å²) in [5, 5.41) is 4.06. The average molecular weight is 289 g/mol. The maximum absolute atomic E-state index is 6.13. The van der Waals surface area contributed by atoms with Gasteiger partial charge >= 0.3 is 0 Å². The van der Waals surface area contributed by atoms with Gasteiger partial charge in [-0.2, -0.15) is 4.98 Å². The molecule has 2 aromatic rings. The fourth-order valence-electron chi connectivity index (χ4n) is 2.38. The second kappa shape index (κ2) is 6.72. The number of aromatic nitrogens is 2. The molecular formula is C16H23N3O2. The highest BCUT2D eigenvalue weighted by molar-refractivity contribution is 5.74. The molecule has 2 rings (SSSR count). The molecule has 0 aliphatic rings. The minimum Gasteiger partial charge on any atom is -0.398 e. The van der Waals surface area contributed by atoms with Crippen LogP contribution in [0.5, 0.6) is 0 Å². The van der Waals surface area contributed by atoms with Crippen LogP contribution in [0.1, 0.15) is 49.7 Å². The van der Waals surface area contributed by atoms with Crippen LogP contribution in [0.25, 0.3) is 11.5 Å². The van der Waals surface area contributed by atoms with Crippen LogP contribution in [0.2, 0.25) is 0 Å². The quantitative estimate of drug-likeness (QED) is 0.818. The molecule has 21 heavy (non-hydrogen) atoms. The van der Waals surface area contributed by atoms with E-state index in [1.807, 2.05) is 32.9 Å². The van der Waals surface area contributed by atoms with E-state index in [9.17, 15) is 0 Å². The Bertz CT molecular complexity index is 602. The van der Waals surface area contributed by atoms with E-state index in [-0.39, 0.29) is 6.10 Å². The zero-order chi connectivity index (χ0) is 15.4. The number of aryl methyl sites for hydroxylation is 2. The van der Waals surface area contributed by atoms with Gasteiger partial charge in [0, 0.05) is 12.3 Å². The van der Waals surface area contributed by atoms with Crippen molar-refractivity contribution in [2.24, 2.45) is 0 Å². The topological polar surface area (TPSA) is 74.2 Å². The molecule has 0 amide bonds. The number of nitrogen functional groups attached to an aromatic ring is 1. The zero-order valence-corrected chi connectivity index (χ0v) is 13.1. The summed E-state index contributed by atoms with van der Waals surface area (Å²) in [7, 11) is 0. The molecule has 1 aromatic heterocycles. The molecule has 0 saturated heterocycles. The van der Waals surface area contributed by atoms with E-state index in [1.165, 1.54) is 0 Å². The number of nitrogens with zero attached hydrogens (tertiary/aromatic N) is 2. The lowest BCUT2D eigenvalue weighted by atomic mass is 10.0. The first-order valence-electron chi connectivity index (χ1n) is 7.39. The van der Waals surface area contributed by atoms with Crippen LogP contribution in [0.15, 0.2) is 16.7 Å². The third-order valence-corrected chi connectivity index (χ3v) is 3.41. The van der Waals surface area contributed by atoms with Gasteiger partial charge in [-0.05, 0) is 44.4 Å². The van der Waals surface area contributed by atoms with Crippen molar-refractivity contribution in [1.82, 2.24) is 10.1 Å². The third kappa shape index (κ3) is 3.42. The highest BCUT2D eigenvalue weighted by atomic mass is 16.5. The molecule has 0 radical (unpaired) electrons. The molecule has 2 N–H and O–H groups in total. The molecule has 5 nitrogen and oxygen atoms in total. The summed E-state index contributed by atoms with van der Waals surface area (Å²) in [6, 6.07) is 4.01. The first kappa shape index (κ1) is 15.5. The van der Waals surface area contributed by atoms with E-state index in [4.69, 9.17) is 15.0 Å². The van der Waals surface area contributed by atoms with Crippen LogP contribution in [0.4, 0.5) is 5.69 Å². The van der Waals surface area contributed by atoms with Crippen LogP contribution in [-0.4, -0.2) is 16.7 Å². The van der Waals surface area contributed by atoms with Gasteiger partial charge in [-0.3, -0.25) is 0 Å². The molecule has 0 fully saturated rings. The smallest absolute Gasteiger partial charge is 0.260 e. The van der Waals surface area contributed by atoms with Crippen LogP contribution < -0.4 is 5.73 Å². The van der Waals surface area contributed by atoms with E-state index in [0.717, 1.165) is 29.5 Å². The molecule has 1 heterocycles. The number of benzene rings is 1. The molecule has 0 aliphatic heterocycles. The maximum atomic E-state index is 6.13. The number of anilines is 1. The Labute approximate surface area is 125 Å². The summed E-state index contributed by atoms with van der Waals surface area (Å²) < 4.78 is 11.1. The first-order valence-corrected chi connectivity index (χ1v) is 7.39. The largest absolute Gasteiger partial charge is 0.398 e. The number of nitrogens with two attached hydrogens (primary N) is 1. The van der Waals surface area contributed by atoms with Gasteiger partial charge < -0.3 is 15.0 Å². The number of rotatable bonds is 6. The van der Waals surface area contributed by atoms with Crippen LogP contribution in [-0.2, 0) is 4.74 Å². The third-order valence-electron chi connectivity index (χ3n) is 3.41. The highest BCUT2D eigenvalue weighted by Gasteiger charge is 2.20. The van der Waals surface area contributed by atoms with Gasteiger partial charge in [0.25, 0.3) is 5.89 Å². The molecule has 5 heteroatoms. The fourth-order valence-corrected chi connectivity index (χ4v) is 2.38. The van der Waals surface area contributed by atoms with Crippen LogP contribution >= 0.6 is 0 Å². The van der Waals surface area contributed by atoms with Crippen molar-refractivity contribution < 1.29 is 9.26 Å². The van der Waals surface area contributed by atoms with Crippen molar-refractivity contribution >= 4 is 5.69 Å². The number of hydrogen-bond donors (Lipinski definition) is 1. The second-order valence-electron chi connectivity index (χ2n) is 5.23. The van der Waals surface area contributed by atoms with Gasteiger partial charge in [0.15, 0.2) is 0 Å². The summed E-state index contributed by atoms with van der Waals surface area (Å²) in [4.78, 5) is 4.48.